The normalized spacial score (nSPS) is 11.2. The van der Waals surface area contributed by atoms with Crippen molar-refractivity contribution in [1.82, 2.24) is 10.0 Å². The molecule has 1 aromatic carbocycles. The summed E-state index contributed by atoms with van der Waals surface area (Å²) in [4.78, 5) is 21.9. The van der Waals surface area contributed by atoms with Gasteiger partial charge < -0.3 is 16.2 Å². The number of carbonyl (C=O) groups excluding carboxylic acids is 1. The van der Waals surface area contributed by atoms with Crippen LogP contribution in [0.5, 0.6) is 0 Å². The number of hydrogen-bond donors (Lipinski definition) is 4. The minimum absolute atomic E-state index is 0.0691. The first-order valence-electron chi connectivity index (χ1n) is 5.59. The fourth-order valence-corrected chi connectivity index (χ4v) is 2.56. The summed E-state index contributed by atoms with van der Waals surface area (Å²) in [5.74, 6) is -1.44. The zero-order valence-corrected chi connectivity index (χ0v) is 11.7. The van der Waals surface area contributed by atoms with E-state index in [1.807, 2.05) is 0 Å². The number of nitrogen functional groups attached to an aromatic ring is 1. The summed E-state index contributed by atoms with van der Waals surface area (Å²) in [5, 5.41) is 11.3. The van der Waals surface area contributed by atoms with Gasteiger partial charge in [-0.3, -0.25) is 0 Å². The van der Waals surface area contributed by atoms with Crippen molar-refractivity contribution in [2.24, 2.45) is 0 Å². The molecule has 0 fully saturated rings. The maximum absolute atomic E-state index is 12.0. The number of carboxylic acid groups (broad SMARTS) is 1. The molecule has 0 atom stereocenters. The van der Waals surface area contributed by atoms with Gasteiger partial charge in [-0.1, -0.05) is 0 Å². The van der Waals surface area contributed by atoms with Gasteiger partial charge in [-0.05, 0) is 32.0 Å². The van der Waals surface area contributed by atoms with Crippen molar-refractivity contribution >= 4 is 27.7 Å². The SMILES string of the molecule is CC(C)NC(=O)NS(=O)(=O)c1cc(N)ccc1C(=O)O. The summed E-state index contributed by atoms with van der Waals surface area (Å²) in [7, 11) is -4.33. The van der Waals surface area contributed by atoms with Crippen molar-refractivity contribution < 1.29 is 23.1 Å². The molecule has 0 aliphatic carbocycles. The van der Waals surface area contributed by atoms with Crippen LogP contribution in [0.3, 0.4) is 0 Å². The predicted molar refractivity (Wildman–Crippen MR) is 71.8 cm³/mol. The molecule has 9 heteroatoms. The number of nitrogens with two attached hydrogens (primary N) is 1. The predicted octanol–water partition coefficient (Wildman–Crippen LogP) is 0.363. The van der Waals surface area contributed by atoms with Crippen LogP contribution in [0.2, 0.25) is 0 Å². The molecule has 0 heterocycles. The lowest BCUT2D eigenvalue weighted by atomic mass is 10.2. The number of sulfonamides is 1. The second-order valence-electron chi connectivity index (χ2n) is 4.29. The average Bonchev–Trinajstić information content (AvgIpc) is 2.26. The van der Waals surface area contributed by atoms with Crippen LogP contribution in [-0.4, -0.2) is 31.6 Å². The highest BCUT2D eigenvalue weighted by Gasteiger charge is 2.24. The van der Waals surface area contributed by atoms with Crippen LogP contribution in [0.15, 0.2) is 23.1 Å². The molecule has 20 heavy (non-hydrogen) atoms. The lowest BCUT2D eigenvalue weighted by Crippen LogP contribution is -2.42. The van der Waals surface area contributed by atoms with E-state index in [2.05, 4.69) is 5.32 Å². The number of aromatic carboxylic acids is 1. The van der Waals surface area contributed by atoms with Gasteiger partial charge in [0.05, 0.1) is 5.56 Å². The topological polar surface area (TPSA) is 139 Å². The smallest absolute Gasteiger partial charge is 0.337 e. The van der Waals surface area contributed by atoms with Crippen LogP contribution in [0.4, 0.5) is 10.5 Å². The van der Waals surface area contributed by atoms with Gasteiger partial charge in [-0.25, -0.2) is 22.7 Å². The molecule has 0 aromatic heterocycles. The summed E-state index contributed by atoms with van der Waals surface area (Å²) < 4.78 is 25.8. The lowest BCUT2D eigenvalue weighted by molar-refractivity contribution is 0.0692. The van der Waals surface area contributed by atoms with Crippen LogP contribution >= 0.6 is 0 Å². The second-order valence-corrected chi connectivity index (χ2v) is 5.95. The molecule has 1 aromatic rings. The molecule has 0 aliphatic heterocycles. The molecule has 0 unspecified atom stereocenters. The largest absolute Gasteiger partial charge is 0.478 e. The third-order valence-corrected chi connectivity index (χ3v) is 3.54. The summed E-state index contributed by atoms with van der Waals surface area (Å²) in [6, 6.07) is 2.08. The Morgan fingerprint density at radius 1 is 1.30 bits per heavy atom. The van der Waals surface area contributed by atoms with Gasteiger partial charge in [-0.15, -0.1) is 0 Å². The van der Waals surface area contributed by atoms with Crippen molar-refractivity contribution in [2.75, 3.05) is 5.73 Å². The molecular weight excluding hydrogens is 286 g/mol. The van der Waals surface area contributed by atoms with Gasteiger partial charge in [0, 0.05) is 11.7 Å². The first kappa shape index (κ1) is 15.8. The Morgan fingerprint density at radius 3 is 2.40 bits per heavy atom. The highest BCUT2D eigenvalue weighted by Crippen LogP contribution is 2.19. The number of carbonyl (C=O) groups is 2. The molecule has 110 valence electrons. The van der Waals surface area contributed by atoms with E-state index >= 15 is 0 Å². The quantitative estimate of drug-likeness (QED) is 0.592. The maximum atomic E-state index is 12.0. The Hall–Kier alpha value is -2.29. The first-order chi connectivity index (χ1) is 9.13. The number of benzene rings is 1. The summed E-state index contributed by atoms with van der Waals surface area (Å²) in [5.41, 5.74) is 5.05. The summed E-state index contributed by atoms with van der Waals surface area (Å²) in [6.07, 6.45) is 0. The molecule has 8 nitrogen and oxygen atoms in total. The van der Waals surface area contributed by atoms with Crippen LogP contribution in [0, 0.1) is 0 Å². The average molecular weight is 301 g/mol. The van der Waals surface area contributed by atoms with Crippen molar-refractivity contribution in [1.29, 1.82) is 0 Å². The van der Waals surface area contributed by atoms with E-state index in [0.717, 1.165) is 12.1 Å². The van der Waals surface area contributed by atoms with E-state index in [0.29, 0.717) is 0 Å². The van der Waals surface area contributed by atoms with E-state index in [1.54, 1.807) is 18.6 Å². The van der Waals surface area contributed by atoms with E-state index in [1.165, 1.54) is 6.07 Å². The fraction of sp³-hybridized carbons (Fsp3) is 0.273. The van der Waals surface area contributed by atoms with Gasteiger partial charge in [0.1, 0.15) is 4.90 Å². The minimum Gasteiger partial charge on any atom is -0.478 e. The first-order valence-corrected chi connectivity index (χ1v) is 7.08. The van der Waals surface area contributed by atoms with E-state index < -0.39 is 32.5 Å². The molecule has 0 aliphatic rings. The van der Waals surface area contributed by atoms with E-state index in [9.17, 15) is 18.0 Å². The van der Waals surface area contributed by atoms with Gasteiger partial charge >= 0.3 is 12.0 Å². The number of nitrogens with one attached hydrogen (secondary N) is 2. The van der Waals surface area contributed by atoms with Crippen LogP contribution in [0.1, 0.15) is 24.2 Å². The molecule has 1 rings (SSSR count). The van der Waals surface area contributed by atoms with Gasteiger partial charge in [0.15, 0.2) is 0 Å². The Kier molecular flexibility index (Phi) is 4.56. The van der Waals surface area contributed by atoms with E-state index in [-0.39, 0.29) is 11.7 Å². The van der Waals surface area contributed by atoms with Crippen LogP contribution < -0.4 is 15.8 Å². The second kappa shape index (κ2) is 5.78. The Labute approximate surface area is 116 Å². The number of hydrogen-bond acceptors (Lipinski definition) is 5. The number of anilines is 1. The fourth-order valence-electron chi connectivity index (χ4n) is 1.41. The standard InChI is InChI=1S/C11H15N3O5S/c1-6(2)13-11(17)14-20(18,19)9-5-7(12)3-4-8(9)10(15)16/h3-6H,12H2,1-2H3,(H,15,16)(H2,13,14,17). The van der Waals surface area contributed by atoms with Crippen molar-refractivity contribution in [3.8, 4) is 0 Å². The van der Waals surface area contributed by atoms with Crippen molar-refractivity contribution in [3.63, 3.8) is 0 Å². The summed E-state index contributed by atoms with van der Waals surface area (Å²) >= 11 is 0. The number of amides is 2. The third kappa shape index (κ3) is 3.85. The number of carboxylic acids is 1. The van der Waals surface area contributed by atoms with Gasteiger partial charge in [-0.2, -0.15) is 0 Å². The Bertz CT molecular complexity index is 639. The van der Waals surface area contributed by atoms with Crippen molar-refractivity contribution in [3.05, 3.63) is 23.8 Å². The molecule has 5 N–H and O–H groups in total. The molecule has 0 radical (unpaired) electrons. The number of rotatable bonds is 4. The van der Waals surface area contributed by atoms with Gasteiger partial charge in [0.2, 0.25) is 0 Å². The van der Waals surface area contributed by atoms with Crippen LogP contribution in [0.25, 0.3) is 0 Å². The van der Waals surface area contributed by atoms with Gasteiger partial charge in [0.25, 0.3) is 10.0 Å². The zero-order chi connectivity index (χ0) is 15.5. The van der Waals surface area contributed by atoms with E-state index in [4.69, 9.17) is 10.8 Å². The monoisotopic (exact) mass is 301 g/mol. The molecule has 0 saturated carbocycles. The Balaban J connectivity index is 3.18. The van der Waals surface area contributed by atoms with Crippen LogP contribution in [-0.2, 0) is 10.0 Å². The molecule has 2 amide bonds. The molecule has 0 spiro atoms. The zero-order valence-electron chi connectivity index (χ0n) is 10.9. The highest BCUT2D eigenvalue weighted by molar-refractivity contribution is 7.90. The maximum Gasteiger partial charge on any atom is 0.337 e. The minimum atomic E-state index is -4.33. The van der Waals surface area contributed by atoms with Crippen molar-refractivity contribution in [2.45, 2.75) is 24.8 Å². The Morgan fingerprint density at radius 2 is 1.90 bits per heavy atom. The molecule has 0 saturated heterocycles. The lowest BCUT2D eigenvalue weighted by Gasteiger charge is -2.12. The highest BCUT2D eigenvalue weighted by atomic mass is 32.2. The summed E-state index contributed by atoms with van der Waals surface area (Å²) in [6.45, 7) is 3.30. The molecular formula is C11H15N3O5S. The molecule has 0 bridgehead atoms. The number of urea groups is 1. The third-order valence-electron chi connectivity index (χ3n) is 2.17.